The van der Waals surface area contributed by atoms with Crippen LogP contribution in [0.4, 0.5) is 5.69 Å². The normalized spacial score (nSPS) is 27.7. The second-order valence-corrected chi connectivity index (χ2v) is 9.21. The molecule has 2 aromatic carbocycles. The molecule has 0 saturated carbocycles. The van der Waals surface area contributed by atoms with E-state index in [4.69, 9.17) is 17.3 Å². The molecule has 0 radical (unpaired) electrons. The van der Waals surface area contributed by atoms with Crippen LogP contribution >= 0.6 is 11.6 Å². The minimum atomic E-state index is -1.43. The Bertz CT molecular complexity index is 1170. The Labute approximate surface area is 195 Å². The molecule has 0 aromatic heterocycles. The van der Waals surface area contributed by atoms with Crippen LogP contribution in [0.15, 0.2) is 48.5 Å². The van der Waals surface area contributed by atoms with Gasteiger partial charge < -0.3 is 11.1 Å². The van der Waals surface area contributed by atoms with Crippen LogP contribution in [-0.4, -0.2) is 41.1 Å². The van der Waals surface area contributed by atoms with Gasteiger partial charge in [0.25, 0.3) is 0 Å². The summed E-state index contributed by atoms with van der Waals surface area (Å²) < 4.78 is 0. The van der Waals surface area contributed by atoms with E-state index in [2.05, 4.69) is 10.6 Å². The summed E-state index contributed by atoms with van der Waals surface area (Å²) in [5.41, 5.74) is 6.02. The molecule has 5 rings (SSSR count). The number of carbonyl (C=O) groups is 4. The molecule has 2 saturated heterocycles. The van der Waals surface area contributed by atoms with Gasteiger partial charge in [-0.1, -0.05) is 41.9 Å². The predicted octanol–water partition coefficient (Wildman–Crippen LogP) is 1.57. The molecule has 2 aromatic rings. The minimum absolute atomic E-state index is 0.0342. The van der Waals surface area contributed by atoms with Gasteiger partial charge in [-0.05, 0) is 36.6 Å². The van der Waals surface area contributed by atoms with Crippen LogP contribution < -0.4 is 16.4 Å². The number of fused-ring (bicyclic) bond motifs is 4. The molecule has 3 aliphatic heterocycles. The standard InChI is InChI=1S/C24H23ClN4O4/c25-14-6-7-16-15(12-14)24(23(33)27-16)20-19(17(28-24)8-9-18(26)30)21(31)29(22(20)32)11-10-13-4-2-1-3-5-13/h1-7,12,17,19-20,28H,8-11H2,(H2,26,30)(H,27,33)/t17-,19+,20-,24-/m0/s1. The van der Waals surface area contributed by atoms with Crippen molar-refractivity contribution in [2.75, 3.05) is 11.9 Å². The third-order valence-corrected chi connectivity index (χ3v) is 7.17. The molecule has 3 heterocycles. The van der Waals surface area contributed by atoms with Gasteiger partial charge in [-0.15, -0.1) is 0 Å². The van der Waals surface area contributed by atoms with E-state index in [0.717, 1.165) is 5.56 Å². The first-order valence-electron chi connectivity index (χ1n) is 10.9. The van der Waals surface area contributed by atoms with Crippen molar-refractivity contribution in [2.45, 2.75) is 30.8 Å². The van der Waals surface area contributed by atoms with E-state index in [1.807, 2.05) is 30.3 Å². The Balaban J connectivity index is 1.53. The Morgan fingerprint density at radius 1 is 1.09 bits per heavy atom. The van der Waals surface area contributed by atoms with Gasteiger partial charge in [0.2, 0.25) is 23.6 Å². The SMILES string of the molecule is NC(=O)CC[C@@H]1N[C@]2(C(=O)Nc3ccc(Cl)cc32)[C@@H]2C(=O)N(CCc3ccccc3)C(=O)[C@H]12. The van der Waals surface area contributed by atoms with Gasteiger partial charge in [0.05, 0.1) is 11.8 Å². The van der Waals surface area contributed by atoms with Gasteiger partial charge in [0.15, 0.2) is 0 Å². The van der Waals surface area contributed by atoms with Crippen LogP contribution in [0.25, 0.3) is 0 Å². The van der Waals surface area contributed by atoms with Gasteiger partial charge in [-0.3, -0.25) is 29.4 Å². The number of carbonyl (C=O) groups excluding carboxylic acids is 4. The number of hydrogen-bond donors (Lipinski definition) is 3. The maximum Gasteiger partial charge on any atom is 0.250 e. The first kappa shape index (κ1) is 21.6. The molecule has 33 heavy (non-hydrogen) atoms. The Hall–Kier alpha value is -3.23. The molecule has 0 aliphatic carbocycles. The zero-order valence-electron chi connectivity index (χ0n) is 17.7. The number of rotatable bonds is 6. The van der Waals surface area contributed by atoms with E-state index in [9.17, 15) is 19.2 Å². The third-order valence-electron chi connectivity index (χ3n) is 6.94. The van der Waals surface area contributed by atoms with Crippen molar-refractivity contribution < 1.29 is 19.2 Å². The van der Waals surface area contributed by atoms with Crippen molar-refractivity contribution in [1.29, 1.82) is 0 Å². The summed E-state index contributed by atoms with van der Waals surface area (Å²) in [6.07, 6.45) is 0.790. The summed E-state index contributed by atoms with van der Waals surface area (Å²) in [5, 5.41) is 6.51. The number of primary amides is 1. The number of nitrogens with zero attached hydrogens (tertiary/aromatic N) is 1. The first-order chi connectivity index (χ1) is 15.8. The van der Waals surface area contributed by atoms with Crippen LogP contribution in [0.3, 0.4) is 0 Å². The lowest BCUT2D eigenvalue weighted by Gasteiger charge is -2.29. The Morgan fingerprint density at radius 2 is 1.85 bits per heavy atom. The number of nitrogens with two attached hydrogens (primary N) is 1. The summed E-state index contributed by atoms with van der Waals surface area (Å²) in [6, 6.07) is 14.0. The van der Waals surface area contributed by atoms with Crippen LogP contribution in [0.1, 0.15) is 24.0 Å². The zero-order valence-corrected chi connectivity index (χ0v) is 18.5. The van der Waals surface area contributed by atoms with Crippen LogP contribution in [0, 0.1) is 11.8 Å². The van der Waals surface area contributed by atoms with Crippen molar-refractivity contribution in [3.63, 3.8) is 0 Å². The Morgan fingerprint density at radius 3 is 2.58 bits per heavy atom. The highest BCUT2D eigenvalue weighted by atomic mass is 35.5. The van der Waals surface area contributed by atoms with Crippen LogP contribution in [0.5, 0.6) is 0 Å². The lowest BCUT2D eigenvalue weighted by Crippen LogP contribution is -2.53. The molecule has 0 unspecified atom stereocenters. The van der Waals surface area contributed by atoms with E-state index < -0.39 is 41.1 Å². The fourth-order valence-corrected chi connectivity index (χ4v) is 5.66. The number of amides is 4. The van der Waals surface area contributed by atoms with Crippen molar-refractivity contribution >= 4 is 40.9 Å². The lowest BCUT2D eigenvalue weighted by molar-refractivity contribution is -0.142. The lowest BCUT2D eigenvalue weighted by atomic mass is 9.76. The molecule has 2 fully saturated rings. The molecular weight excluding hydrogens is 444 g/mol. The van der Waals surface area contributed by atoms with Gasteiger partial charge in [-0.25, -0.2) is 0 Å². The van der Waals surface area contributed by atoms with Crippen LogP contribution in [-0.2, 0) is 31.1 Å². The quantitative estimate of drug-likeness (QED) is 0.558. The summed E-state index contributed by atoms with van der Waals surface area (Å²) in [4.78, 5) is 53.2. The van der Waals surface area contributed by atoms with Crippen molar-refractivity contribution in [3.05, 3.63) is 64.7 Å². The smallest absolute Gasteiger partial charge is 0.250 e. The van der Waals surface area contributed by atoms with Crippen molar-refractivity contribution in [2.24, 2.45) is 17.6 Å². The van der Waals surface area contributed by atoms with Crippen molar-refractivity contribution in [3.8, 4) is 0 Å². The molecule has 4 N–H and O–H groups in total. The van der Waals surface area contributed by atoms with Gasteiger partial charge in [0, 0.05) is 35.3 Å². The fraction of sp³-hybridized carbons (Fsp3) is 0.333. The zero-order chi connectivity index (χ0) is 23.3. The average molecular weight is 467 g/mol. The number of anilines is 1. The number of hydrogen-bond acceptors (Lipinski definition) is 5. The Kier molecular flexibility index (Phi) is 5.22. The monoisotopic (exact) mass is 466 g/mol. The molecule has 8 nitrogen and oxygen atoms in total. The van der Waals surface area contributed by atoms with E-state index in [1.54, 1.807) is 18.2 Å². The number of benzene rings is 2. The van der Waals surface area contributed by atoms with Gasteiger partial charge >= 0.3 is 0 Å². The molecule has 0 bridgehead atoms. The number of halogens is 1. The summed E-state index contributed by atoms with van der Waals surface area (Å²) in [7, 11) is 0. The highest BCUT2D eigenvalue weighted by Crippen LogP contribution is 2.53. The molecule has 9 heteroatoms. The average Bonchev–Trinajstić information content (AvgIpc) is 3.37. The molecule has 4 atom stereocenters. The summed E-state index contributed by atoms with van der Waals surface area (Å²) in [6.45, 7) is 0.220. The molecule has 3 aliphatic rings. The third kappa shape index (κ3) is 3.32. The molecule has 4 amide bonds. The number of imide groups is 1. The molecule has 1 spiro atoms. The largest absolute Gasteiger partial charge is 0.370 e. The first-order valence-corrected chi connectivity index (χ1v) is 11.3. The second-order valence-electron chi connectivity index (χ2n) is 8.78. The number of nitrogens with one attached hydrogen (secondary N) is 2. The highest BCUT2D eigenvalue weighted by Gasteiger charge is 2.70. The number of likely N-dealkylation sites (tertiary alicyclic amines) is 1. The van der Waals surface area contributed by atoms with E-state index in [-0.39, 0.29) is 25.3 Å². The second kappa shape index (κ2) is 7.97. The molecule has 170 valence electrons. The summed E-state index contributed by atoms with van der Waals surface area (Å²) >= 11 is 6.24. The van der Waals surface area contributed by atoms with E-state index >= 15 is 0 Å². The minimum Gasteiger partial charge on any atom is -0.370 e. The van der Waals surface area contributed by atoms with Crippen LogP contribution in [0.2, 0.25) is 5.02 Å². The molecular formula is C24H23ClN4O4. The topological polar surface area (TPSA) is 122 Å². The maximum absolute atomic E-state index is 13.7. The predicted molar refractivity (Wildman–Crippen MR) is 121 cm³/mol. The van der Waals surface area contributed by atoms with Gasteiger partial charge in [0.1, 0.15) is 5.54 Å². The summed E-state index contributed by atoms with van der Waals surface area (Å²) in [5.74, 6) is -3.34. The highest BCUT2D eigenvalue weighted by molar-refractivity contribution is 6.31. The fourth-order valence-electron chi connectivity index (χ4n) is 5.49. The van der Waals surface area contributed by atoms with Gasteiger partial charge in [-0.2, -0.15) is 0 Å². The van der Waals surface area contributed by atoms with E-state index in [0.29, 0.717) is 22.7 Å². The van der Waals surface area contributed by atoms with E-state index in [1.165, 1.54) is 4.90 Å². The van der Waals surface area contributed by atoms with Crippen molar-refractivity contribution in [1.82, 2.24) is 10.2 Å². The maximum atomic E-state index is 13.7.